The molecule has 4 heterocycles. The zero-order valence-electron chi connectivity index (χ0n) is 49.1. The topological polar surface area (TPSA) is 355 Å². The van der Waals surface area contributed by atoms with Gasteiger partial charge in [0.2, 0.25) is 11.8 Å². The van der Waals surface area contributed by atoms with Crippen molar-refractivity contribution in [2.24, 2.45) is 5.92 Å². The Bertz CT molecular complexity index is 2200. The van der Waals surface area contributed by atoms with Gasteiger partial charge in [-0.2, -0.15) is 0 Å². The van der Waals surface area contributed by atoms with Crippen LogP contribution in [0.3, 0.4) is 0 Å². The summed E-state index contributed by atoms with van der Waals surface area (Å²) < 4.78 is 100. The number of nitrogens with one attached hydrogen (secondary N) is 2. The summed E-state index contributed by atoms with van der Waals surface area (Å²) in [6.07, 6.45) is -0.372. The zero-order chi connectivity index (χ0) is 60.4. The maximum Gasteiger partial charge on any atom is 0.308 e. The Labute approximate surface area is 494 Å². The minimum atomic E-state index is -2.94. The normalized spacial score (nSPS) is 16.9. The van der Waals surface area contributed by atoms with E-state index in [0.29, 0.717) is 105 Å². The Balaban J connectivity index is 0. The quantitative estimate of drug-likeness (QED) is 0.0440. The third-order valence-electron chi connectivity index (χ3n) is 12.3. The van der Waals surface area contributed by atoms with Gasteiger partial charge in [-0.3, -0.25) is 24.2 Å². The van der Waals surface area contributed by atoms with Crippen molar-refractivity contribution in [3.05, 3.63) is 23.8 Å². The SMILES string of the molecule is C.CC.CCCC.CCOC(O)C(OCCC(=O)NCCOCCOCCOCCn1cc(CN2CCS(=O)(=O)CC2)nn1)C(OCCC(=O)NCCOCCOCCOCCn1cc(CN2CCS(=O)(=O)CC2)nn1)C(O)C(C)C(=O)O.[HH].[HH]. The van der Waals surface area contributed by atoms with Crippen molar-refractivity contribution in [3.8, 4) is 0 Å². The van der Waals surface area contributed by atoms with Gasteiger partial charge < -0.3 is 68.6 Å². The first kappa shape index (κ1) is 77.1. The molecular weight excluding hydrogens is 1130 g/mol. The smallest absolute Gasteiger partial charge is 0.308 e. The van der Waals surface area contributed by atoms with Crippen LogP contribution >= 0.6 is 0 Å². The number of carboxylic acids is 1. The molecule has 488 valence electrons. The molecule has 0 spiro atoms. The second-order valence-corrected chi connectivity index (χ2v) is 23.4. The van der Waals surface area contributed by atoms with E-state index < -0.39 is 68.0 Å². The summed E-state index contributed by atoms with van der Waals surface area (Å²) in [6.45, 7) is 18.9. The fourth-order valence-corrected chi connectivity index (χ4v) is 9.97. The highest BCUT2D eigenvalue weighted by Crippen LogP contribution is 2.21. The molecule has 2 amide bonds. The number of amides is 2. The Morgan fingerprint density at radius 2 is 0.940 bits per heavy atom. The molecule has 0 aliphatic carbocycles. The first-order chi connectivity index (χ1) is 39.4. The summed E-state index contributed by atoms with van der Waals surface area (Å²) in [5.74, 6) is -2.90. The van der Waals surface area contributed by atoms with Crippen LogP contribution in [0.5, 0.6) is 0 Å². The lowest BCUT2D eigenvalue weighted by Crippen LogP contribution is -2.52. The van der Waals surface area contributed by atoms with Gasteiger partial charge in [-0.05, 0) is 13.8 Å². The summed E-state index contributed by atoms with van der Waals surface area (Å²) in [6, 6.07) is 0. The summed E-state index contributed by atoms with van der Waals surface area (Å²) in [4.78, 5) is 41.1. The van der Waals surface area contributed by atoms with E-state index in [2.05, 4.69) is 45.1 Å². The molecule has 2 aromatic heterocycles. The van der Waals surface area contributed by atoms with Crippen LogP contribution < -0.4 is 10.6 Å². The van der Waals surface area contributed by atoms with Crippen molar-refractivity contribution in [1.82, 2.24) is 50.4 Å². The molecule has 2 aliphatic rings. The van der Waals surface area contributed by atoms with E-state index in [0.717, 1.165) is 11.4 Å². The standard InChI is InChI=1S/C45H80N10O19S2.C4H10.C2H6.CH4.2H2/c1-3-72-45(61)43(74-15-5-40(57)47-7-17-67-21-25-71-27-23-69-19-9-55-35-38(49-51-55)33-53-12-30-76(64,65)31-13-53)42(41(58)36(2)44(59)60)73-14-4-39(56)46-6-16-66-20-24-70-26-22-68-18-8-54-34-37(48-50-54)32-52-10-28-75(62,63)29-11-52;1-3-4-2;1-2;;;/h34-36,41-43,45,58,61H,3-33H2,1-2H3,(H,46,56)(H,47,57)(H,59,60);3-4H2,1-2H3;1-2H3;1H4;2*1H. The predicted molar refractivity (Wildman–Crippen MR) is 311 cm³/mol. The largest absolute Gasteiger partial charge is 0.481 e. The number of sulfone groups is 2. The average molecular weight is 1240 g/mol. The van der Waals surface area contributed by atoms with Gasteiger partial charge in [0.15, 0.2) is 26.0 Å². The highest BCUT2D eigenvalue weighted by Gasteiger charge is 2.40. The second-order valence-electron chi connectivity index (χ2n) is 18.8. The third-order valence-corrected chi connectivity index (χ3v) is 15.5. The molecule has 0 radical (unpaired) electrons. The van der Waals surface area contributed by atoms with Crippen LogP contribution in [0.1, 0.15) is 88.9 Å². The van der Waals surface area contributed by atoms with Crippen LogP contribution in [0.2, 0.25) is 0 Å². The van der Waals surface area contributed by atoms with E-state index in [1.165, 1.54) is 19.8 Å². The summed E-state index contributed by atoms with van der Waals surface area (Å²) in [5.41, 5.74) is 1.53. The van der Waals surface area contributed by atoms with Gasteiger partial charge in [-0.25, -0.2) is 26.2 Å². The molecule has 29 nitrogen and oxygen atoms in total. The van der Waals surface area contributed by atoms with Crippen molar-refractivity contribution in [1.29, 1.82) is 0 Å². The molecule has 0 bridgehead atoms. The van der Waals surface area contributed by atoms with E-state index in [1.807, 2.05) is 36.0 Å². The van der Waals surface area contributed by atoms with E-state index in [1.54, 1.807) is 16.3 Å². The fourth-order valence-electron chi connectivity index (χ4n) is 7.42. The molecular formula is C52H104N10O19S2. The molecule has 5 atom stereocenters. The Kier molecular flexibility index (Phi) is 43.0. The lowest BCUT2D eigenvalue weighted by Gasteiger charge is -2.34. The molecule has 5 unspecified atom stereocenters. The van der Waals surface area contributed by atoms with Gasteiger partial charge in [0, 0.05) is 87.1 Å². The molecule has 0 saturated carbocycles. The number of hydrogen-bond donors (Lipinski definition) is 5. The van der Waals surface area contributed by atoms with Gasteiger partial charge in [-0.15, -0.1) is 10.2 Å². The monoisotopic (exact) mass is 1240 g/mol. The minimum Gasteiger partial charge on any atom is -0.481 e. The lowest BCUT2D eigenvalue weighted by molar-refractivity contribution is -0.232. The van der Waals surface area contributed by atoms with Crippen molar-refractivity contribution >= 4 is 37.5 Å². The third kappa shape index (κ3) is 36.0. The van der Waals surface area contributed by atoms with Gasteiger partial charge in [-0.1, -0.05) is 58.4 Å². The highest BCUT2D eigenvalue weighted by molar-refractivity contribution is 7.91. The number of carboxylic acid groups (broad SMARTS) is 1. The molecule has 2 fully saturated rings. The first-order valence-corrected chi connectivity index (χ1v) is 32.2. The Morgan fingerprint density at radius 1 is 0.578 bits per heavy atom. The number of nitrogens with zero attached hydrogens (tertiary/aromatic N) is 8. The van der Waals surface area contributed by atoms with Crippen molar-refractivity contribution in [2.75, 3.05) is 161 Å². The second kappa shape index (κ2) is 46.3. The van der Waals surface area contributed by atoms with Crippen LogP contribution in [0.25, 0.3) is 0 Å². The van der Waals surface area contributed by atoms with E-state index in [9.17, 15) is 46.5 Å². The van der Waals surface area contributed by atoms with E-state index in [-0.39, 0.29) is 105 Å². The average Bonchev–Trinajstić information content (AvgIpc) is 4.27. The number of rotatable bonds is 44. The predicted octanol–water partition coefficient (Wildman–Crippen LogP) is 0.310. The maximum absolute atomic E-state index is 12.6. The fraction of sp³-hybridized carbons (Fsp3) is 0.865. The number of aliphatic hydroxyl groups is 2. The number of aliphatic hydroxyl groups excluding tert-OH is 2. The molecule has 2 aromatic rings. The molecule has 5 N–H and O–H groups in total. The molecule has 31 heteroatoms. The molecule has 2 saturated heterocycles. The Hall–Kier alpha value is -3.93. The first-order valence-electron chi connectivity index (χ1n) is 28.5. The maximum atomic E-state index is 12.6. The molecule has 0 aromatic carbocycles. The molecule has 2 aliphatic heterocycles. The Morgan fingerprint density at radius 3 is 1.30 bits per heavy atom. The molecule has 83 heavy (non-hydrogen) atoms. The highest BCUT2D eigenvalue weighted by atomic mass is 32.2. The number of aromatic nitrogens is 6. The number of aliphatic carboxylic acids is 1. The summed E-state index contributed by atoms with van der Waals surface area (Å²) in [5, 5.41) is 53.4. The number of carbonyl (C=O) groups is 3. The van der Waals surface area contributed by atoms with Gasteiger partial charge >= 0.3 is 5.97 Å². The van der Waals surface area contributed by atoms with E-state index >= 15 is 0 Å². The van der Waals surface area contributed by atoms with Crippen LogP contribution in [-0.4, -0.2) is 276 Å². The van der Waals surface area contributed by atoms with Crippen LogP contribution in [-0.2, 0) is 103 Å². The van der Waals surface area contributed by atoms with Gasteiger partial charge in [0.25, 0.3) is 0 Å². The van der Waals surface area contributed by atoms with Crippen molar-refractivity contribution < 1.29 is 92.0 Å². The van der Waals surface area contributed by atoms with Gasteiger partial charge in [0.05, 0.1) is 152 Å². The van der Waals surface area contributed by atoms with Gasteiger partial charge in [0.1, 0.15) is 12.2 Å². The van der Waals surface area contributed by atoms with Crippen LogP contribution in [0.4, 0.5) is 0 Å². The van der Waals surface area contributed by atoms with Crippen molar-refractivity contribution in [2.45, 2.75) is 125 Å². The number of ether oxygens (including phenoxy) is 9. The molecule has 4 rings (SSSR count). The van der Waals surface area contributed by atoms with Crippen LogP contribution in [0, 0.1) is 5.92 Å². The summed E-state index contributed by atoms with van der Waals surface area (Å²) >= 11 is 0. The number of hydrogen-bond acceptors (Lipinski definition) is 24. The lowest BCUT2D eigenvalue weighted by atomic mass is 9.95. The minimum absolute atomic E-state index is 0. The summed E-state index contributed by atoms with van der Waals surface area (Å²) in [7, 11) is -5.88. The van der Waals surface area contributed by atoms with Crippen LogP contribution in [0.15, 0.2) is 12.4 Å². The zero-order valence-corrected chi connectivity index (χ0v) is 50.8. The van der Waals surface area contributed by atoms with E-state index in [4.69, 9.17) is 42.6 Å². The van der Waals surface area contributed by atoms with Crippen molar-refractivity contribution in [3.63, 3.8) is 0 Å². The number of carbonyl (C=O) groups excluding carboxylic acids is 2. The number of unbranched alkanes of at least 4 members (excludes halogenated alkanes) is 1.